The minimum Gasteiger partial charge on any atom is -0.459 e. The van der Waals surface area contributed by atoms with Crippen LogP contribution in [0.1, 0.15) is 93.4 Å². The van der Waals surface area contributed by atoms with E-state index in [4.69, 9.17) is 9.47 Å². The smallest absolute Gasteiger partial charge is 0.303 e. The van der Waals surface area contributed by atoms with E-state index in [1.165, 1.54) is 26.7 Å². The molecule has 160 valence electrons. The third-order valence-electron chi connectivity index (χ3n) is 7.85. The summed E-state index contributed by atoms with van der Waals surface area (Å²) in [6, 6.07) is 0. The van der Waals surface area contributed by atoms with Crippen molar-refractivity contribution in [2.24, 2.45) is 22.7 Å². The van der Waals surface area contributed by atoms with E-state index in [9.17, 15) is 9.59 Å². The fourth-order valence-electron chi connectivity index (χ4n) is 6.65. The van der Waals surface area contributed by atoms with Crippen LogP contribution >= 0.6 is 0 Å². The summed E-state index contributed by atoms with van der Waals surface area (Å²) in [6.45, 7) is 18.1. The van der Waals surface area contributed by atoms with Crippen LogP contribution in [0.5, 0.6) is 0 Å². The molecule has 2 rings (SSSR count). The van der Waals surface area contributed by atoms with Crippen LogP contribution in [-0.4, -0.2) is 23.1 Å². The maximum atomic E-state index is 11.9. The molecule has 0 N–H and O–H groups in total. The van der Waals surface area contributed by atoms with Crippen molar-refractivity contribution in [2.75, 3.05) is 0 Å². The van der Waals surface area contributed by atoms with E-state index in [0.29, 0.717) is 17.8 Å². The van der Waals surface area contributed by atoms with Gasteiger partial charge in [-0.25, -0.2) is 0 Å². The van der Waals surface area contributed by atoms with Gasteiger partial charge < -0.3 is 9.47 Å². The molecular formula is C24H40O4. The molecule has 0 aromatic carbocycles. The van der Waals surface area contributed by atoms with Gasteiger partial charge in [-0.1, -0.05) is 33.8 Å². The van der Waals surface area contributed by atoms with E-state index < -0.39 is 11.2 Å². The number of hydrogen-bond acceptors (Lipinski definition) is 4. The van der Waals surface area contributed by atoms with Gasteiger partial charge in [0.15, 0.2) is 0 Å². The van der Waals surface area contributed by atoms with Crippen LogP contribution in [-0.2, 0) is 19.1 Å². The molecule has 2 aliphatic rings. The number of esters is 2. The van der Waals surface area contributed by atoms with E-state index >= 15 is 0 Å². The van der Waals surface area contributed by atoms with E-state index in [-0.39, 0.29) is 23.3 Å². The maximum Gasteiger partial charge on any atom is 0.303 e. The van der Waals surface area contributed by atoms with Gasteiger partial charge in [0.2, 0.25) is 0 Å². The zero-order chi connectivity index (χ0) is 21.4. The highest BCUT2D eigenvalue weighted by Gasteiger charge is 2.59. The van der Waals surface area contributed by atoms with Gasteiger partial charge in [-0.15, -0.1) is 0 Å². The Bertz CT molecular complexity index is 624. The molecule has 0 radical (unpaired) electrons. The molecule has 4 nitrogen and oxygen atoms in total. The van der Waals surface area contributed by atoms with Crippen molar-refractivity contribution in [3.63, 3.8) is 0 Å². The normalized spacial score (nSPS) is 36.5. The van der Waals surface area contributed by atoms with E-state index in [1.807, 2.05) is 6.92 Å². The predicted octanol–water partition coefficient (Wildman–Crippen LogP) is 5.84. The Kier molecular flexibility index (Phi) is 6.43. The largest absolute Gasteiger partial charge is 0.459 e. The first-order chi connectivity index (χ1) is 12.8. The fourth-order valence-corrected chi connectivity index (χ4v) is 6.65. The SMILES string of the molecule is C=CC(C)(CCC1[C@@]2(C)CCCC(C)(C)C2CC[C@]1(C)OC(C)=O)OC(C)=O. The molecular weight excluding hydrogens is 352 g/mol. The summed E-state index contributed by atoms with van der Waals surface area (Å²) in [5.41, 5.74) is -0.789. The molecule has 3 unspecified atom stereocenters. The molecule has 5 atom stereocenters. The van der Waals surface area contributed by atoms with E-state index in [1.54, 1.807) is 6.08 Å². The topological polar surface area (TPSA) is 52.6 Å². The third-order valence-corrected chi connectivity index (χ3v) is 7.85. The summed E-state index contributed by atoms with van der Waals surface area (Å²) in [5, 5.41) is 0. The molecule has 4 heteroatoms. The lowest BCUT2D eigenvalue weighted by molar-refractivity contribution is -0.201. The fraction of sp³-hybridized carbons (Fsp3) is 0.833. The molecule has 0 heterocycles. The van der Waals surface area contributed by atoms with Crippen LogP contribution < -0.4 is 0 Å². The lowest BCUT2D eigenvalue weighted by Gasteiger charge is -2.62. The molecule has 2 saturated carbocycles. The Morgan fingerprint density at radius 3 is 2.29 bits per heavy atom. The first kappa shape index (κ1) is 23.0. The lowest BCUT2D eigenvalue weighted by Crippen LogP contribution is -2.59. The third kappa shape index (κ3) is 4.46. The predicted molar refractivity (Wildman–Crippen MR) is 112 cm³/mol. The summed E-state index contributed by atoms with van der Waals surface area (Å²) in [5.74, 6) is 0.316. The minimum atomic E-state index is -0.698. The lowest BCUT2D eigenvalue weighted by atomic mass is 9.45. The molecule has 0 saturated heterocycles. The van der Waals surface area contributed by atoms with Crippen LogP contribution in [0.3, 0.4) is 0 Å². The molecule has 28 heavy (non-hydrogen) atoms. The Morgan fingerprint density at radius 2 is 1.75 bits per heavy atom. The summed E-state index contributed by atoms with van der Waals surface area (Å²) in [6.07, 6.45) is 8.83. The highest BCUT2D eigenvalue weighted by Crippen LogP contribution is 2.63. The van der Waals surface area contributed by atoms with Crippen molar-refractivity contribution < 1.29 is 19.1 Å². The molecule has 0 bridgehead atoms. The minimum absolute atomic E-state index is 0.0997. The van der Waals surface area contributed by atoms with E-state index in [0.717, 1.165) is 25.7 Å². The second-order valence-corrected chi connectivity index (χ2v) is 10.5. The highest BCUT2D eigenvalue weighted by atomic mass is 16.6. The van der Waals surface area contributed by atoms with Gasteiger partial charge in [0.25, 0.3) is 0 Å². The van der Waals surface area contributed by atoms with Gasteiger partial charge >= 0.3 is 11.9 Å². The number of carbonyl (C=O) groups is 2. The number of ether oxygens (including phenoxy) is 2. The van der Waals surface area contributed by atoms with Crippen LogP contribution in [0.15, 0.2) is 12.7 Å². The Labute approximate surface area is 171 Å². The molecule has 2 fully saturated rings. The summed E-state index contributed by atoms with van der Waals surface area (Å²) >= 11 is 0. The molecule has 0 aromatic heterocycles. The molecule has 0 aliphatic heterocycles. The van der Waals surface area contributed by atoms with Crippen molar-refractivity contribution in [3.05, 3.63) is 12.7 Å². The first-order valence-electron chi connectivity index (χ1n) is 10.8. The van der Waals surface area contributed by atoms with Crippen molar-refractivity contribution in [3.8, 4) is 0 Å². The van der Waals surface area contributed by atoms with Crippen molar-refractivity contribution in [2.45, 2.75) is 105 Å². The van der Waals surface area contributed by atoms with Crippen LogP contribution in [0, 0.1) is 22.7 Å². The Morgan fingerprint density at radius 1 is 1.11 bits per heavy atom. The number of fused-ring (bicyclic) bond motifs is 1. The highest BCUT2D eigenvalue weighted by molar-refractivity contribution is 5.67. The van der Waals surface area contributed by atoms with E-state index in [2.05, 4.69) is 34.3 Å². The second kappa shape index (κ2) is 7.84. The van der Waals surface area contributed by atoms with Crippen molar-refractivity contribution >= 4 is 11.9 Å². The van der Waals surface area contributed by atoms with Crippen molar-refractivity contribution in [1.29, 1.82) is 0 Å². The number of rotatable bonds is 6. The van der Waals surface area contributed by atoms with Crippen LogP contribution in [0.4, 0.5) is 0 Å². The summed E-state index contributed by atoms with van der Waals surface area (Å²) in [7, 11) is 0. The van der Waals surface area contributed by atoms with Gasteiger partial charge in [-0.2, -0.15) is 0 Å². The average molecular weight is 393 g/mol. The Hall–Kier alpha value is -1.32. The first-order valence-corrected chi connectivity index (χ1v) is 10.8. The van der Waals surface area contributed by atoms with Gasteiger partial charge in [0.1, 0.15) is 11.2 Å². The van der Waals surface area contributed by atoms with Crippen LogP contribution in [0.2, 0.25) is 0 Å². The summed E-state index contributed by atoms with van der Waals surface area (Å²) in [4.78, 5) is 23.5. The second-order valence-electron chi connectivity index (χ2n) is 10.5. The molecule has 0 spiro atoms. The number of hydrogen-bond donors (Lipinski definition) is 0. The zero-order valence-electron chi connectivity index (χ0n) is 19.0. The van der Waals surface area contributed by atoms with Crippen molar-refractivity contribution in [1.82, 2.24) is 0 Å². The molecule has 0 amide bonds. The van der Waals surface area contributed by atoms with Gasteiger partial charge in [-0.3, -0.25) is 9.59 Å². The summed E-state index contributed by atoms with van der Waals surface area (Å²) < 4.78 is 11.6. The van der Waals surface area contributed by atoms with Gasteiger partial charge in [-0.05, 0) is 75.2 Å². The monoisotopic (exact) mass is 392 g/mol. The average Bonchev–Trinajstić information content (AvgIpc) is 2.51. The van der Waals surface area contributed by atoms with Crippen LogP contribution in [0.25, 0.3) is 0 Å². The quantitative estimate of drug-likeness (QED) is 0.421. The van der Waals surface area contributed by atoms with Gasteiger partial charge in [0, 0.05) is 19.8 Å². The Balaban J connectivity index is 2.37. The zero-order valence-corrected chi connectivity index (χ0v) is 19.0. The molecule has 2 aliphatic carbocycles. The maximum absolute atomic E-state index is 11.9. The van der Waals surface area contributed by atoms with Gasteiger partial charge in [0.05, 0.1) is 0 Å². The molecule has 0 aromatic rings. The number of carbonyl (C=O) groups excluding carboxylic acids is 2. The standard InChI is InChI=1S/C24H40O4/c1-9-22(6,27-17(2)25)15-11-20-23(7)14-10-13-21(4,5)19(23)12-16-24(20,8)28-18(3)26/h9,19-20H,1,10-16H2,2-8H3/t19?,20?,22?,23-,24-/m0/s1.